The van der Waals surface area contributed by atoms with E-state index in [4.69, 9.17) is 0 Å². The zero-order valence-electron chi connectivity index (χ0n) is 7.92. The van der Waals surface area contributed by atoms with Crippen LogP contribution in [0.1, 0.15) is 39.0 Å². The second-order valence-corrected chi connectivity index (χ2v) is 4.11. The lowest BCUT2D eigenvalue weighted by molar-refractivity contribution is 0.693. The fraction of sp³-hybridized carbons (Fsp3) is 0.667. The van der Waals surface area contributed by atoms with Gasteiger partial charge in [0.1, 0.15) is 0 Å². The zero-order chi connectivity index (χ0) is 8.39. The molecular weight excluding hydrogens is 144 g/mol. The molecule has 0 aromatic rings. The Hall–Kier alpha value is -0.520. The molecule has 2 bridgehead atoms. The molecule has 12 heavy (non-hydrogen) atoms. The topological polar surface area (TPSA) is 0 Å². The third kappa shape index (κ3) is 1.48. The van der Waals surface area contributed by atoms with E-state index in [1.54, 1.807) is 5.57 Å². The fourth-order valence-electron chi connectivity index (χ4n) is 2.38. The molecule has 2 aliphatic carbocycles. The molecule has 2 unspecified atom stereocenters. The van der Waals surface area contributed by atoms with Gasteiger partial charge in [-0.2, -0.15) is 0 Å². The van der Waals surface area contributed by atoms with Gasteiger partial charge >= 0.3 is 0 Å². The molecule has 0 saturated heterocycles. The van der Waals surface area contributed by atoms with Gasteiger partial charge < -0.3 is 0 Å². The molecule has 0 nitrogen and oxygen atoms in total. The van der Waals surface area contributed by atoms with Crippen LogP contribution in [0.15, 0.2) is 23.8 Å². The molecule has 1 fully saturated rings. The molecule has 2 aliphatic rings. The Morgan fingerprint density at radius 1 is 1.50 bits per heavy atom. The van der Waals surface area contributed by atoms with Crippen LogP contribution in [0.2, 0.25) is 0 Å². The maximum Gasteiger partial charge on any atom is -0.00173 e. The van der Waals surface area contributed by atoms with E-state index < -0.39 is 0 Å². The van der Waals surface area contributed by atoms with Crippen molar-refractivity contribution in [2.75, 3.05) is 0 Å². The van der Waals surface area contributed by atoms with Crippen molar-refractivity contribution < 1.29 is 0 Å². The number of unbranched alkanes of at least 4 members (excludes halogenated alkanes) is 2. The van der Waals surface area contributed by atoms with E-state index >= 15 is 0 Å². The number of allylic oxidation sites excluding steroid dienone is 4. The second-order valence-electron chi connectivity index (χ2n) is 4.11. The van der Waals surface area contributed by atoms with Crippen LogP contribution >= 0.6 is 0 Å². The molecule has 0 heterocycles. The highest BCUT2D eigenvalue weighted by molar-refractivity contribution is 5.26. The van der Waals surface area contributed by atoms with Crippen LogP contribution in [0.3, 0.4) is 0 Å². The summed E-state index contributed by atoms with van der Waals surface area (Å²) in [5, 5.41) is 0. The molecule has 66 valence electrons. The van der Waals surface area contributed by atoms with Crippen molar-refractivity contribution in [2.24, 2.45) is 11.8 Å². The van der Waals surface area contributed by atoms with Gasteiger partial charge in [-0.15, -0.1) is 0 Å². The van der Waals surface area contributed by atoms with Gasteiger partial charge in [-0.05, 0) is 31.1 Å². The summed E-state index contributed by atoms with van der Waals surface area (Å²) in [7, 11) is 0. The molecule has 0 N–H and O–H groups in total. The highest BCUT2D eigenvalue weighted by Crippen LogP contribution is 2.43. The van der Waals surface area contributed by atoms with E-state index in [9.17, 15) is 0 Å². The third-order valence-corrected chi connectivity index (χ3v) is 3.11. The van der Waals surface area contributed by atoms with Crippen molar-refractivity contribution in [3.8, 4) is 0 Å². The maximum atomic E-state index is 2.50. The summed E-state index contributed by atoms with van der Waals surface area (Å²) >= 11 is 0. The summed E-state index contributed by atoms with van der Waals surface area (Å²) in [6, 6.07) is 0. The van der Waals surface area contributed by atoms with Crippen molar-refractivity contribution >= 4 is 0 Å². The van der Waals surface area contributed by atoms with Crippen LogP contribution in [0.4, 0.5) is 0 Å². The average Bonchev–Trinajstić information content (AvgIpc) is 2.65. The standard InChI is InChI=1S/C12H18/c1-2-3-4-5-11-8-10-6-7-12(11)9-10/h5-7,10,12H,2-4,8-9H2,1H3. The largest absolute Gasteiger partial charge is 0.0847 e. The highest BCUT2D eigenvalue weighted by Gasteiger charge is 2.29. The summed E-state index contributed by atoms with van der Waals surface area (Å²) < 4.78 is 0. The summed E-state index contributed by atoms with van der Waals surface area (Å²) in [4.78, 5) is 0. The first-order valence-corrected chi connectivity index (χ1v) is 5.27. The Balaban J connectivity index is 1.89. The number of fused-ring (bicyclic) bond motifs is 2. The number of rotatable bonds is 3. The van der Waals surface area contributed by atoms with Gasteiger partial charge in [-0.25, -0.2) is 0 Å². The first-order chi connectivity index (χ1) is 5.90. The predicted molar refractivity (Wildman–Crippen MR) is 53.0 cm³/mol. The van der Waals surface area contributed by atoms with Gasteiger partial charge in [0.25, 0.3) is 0 Å². The van der Waals surface area contributed by atoms with Crippen molar-refractivity contribution in [1.29, 1.82) is 0 Å². The highest BCUT2D eigenvalue weighted by atomic mass is 14.3. The minimum Gasteiger partial charge on any atom is -0.0847 e. The SMILES string of the molecule is CCCCC=C1CC2C=CC1C2. The predicted octanol–water partition coefficient (Wildman–Crippen LogP) is 3.70. The van der Waals surface area contributed by atoms with E-state index in [0.717, 1.165) is 11.8 Å². The number of hydrogen-bond donors (Lipinski definition) is 0. The Bertz CT molecular complexity index is 210. The lowest BCUT2D eigenvalue weighted by Crippen LogP contribution is -1.91. The Labute approximate surface area is 75.4 Å². The van der Waals surface area contributed by atoms with E-state index in [2.05, 4.69) is 25.2 Å². The molecule has 0 aliphatic heterocycles. The van der Waals surface area contributed by atoms with Crippen LogP contribution in [0, 0.1) is 11.8 Å². The fourth-order valence-corrected chi connectivity index (χ4v) is 2.38. The summed E-state index contributed by atoms with van der Waals surface area (Å²) in [5.41, 5.74) is 1.73. The van der Waals surface area contributed by atoms with Gasteiger partial charge in [-0.1, -0.05) is 43.6 Å². The van der Waals surface area contributed by atoms with Crippen LogP contribution < -0.4 is 0 Å². The summed E-state index contributed by atoms with van der Waals surface area (Å²) in [6.45, 7) is 2.26. The Morgan fingerprint density at radius 2 is 2.42 bits per heavy atom. The molecule has 0 spiro atoms. The van der Waals surface area contributed by atoms with Crippen molar-refractivity contribution in [1.82, 2.24) is 0 Å². The molecular formula is C12H18. The van der Waals surface area contributed by atoms with E-state index in [0.29, 0.717) is 0 Å². The maximum absolute atomic E-state index is 2.50. The Morgan fingerprint density at radius 3 is 3.00 bits per heavy atom. The van der Waals surface area contributed by atoms with Crippen molar-refractivity contribution in [3.63, 3.8) is 0 Å². The molecule has 0 heteroatoms. The van der Waals surface area contributed by atoms with E-state index in [1.165, 1.54) is 32.1 Å². The van der Waals surface area contributed by atoms with Gasteiger partial charge in [0.2, 0.25) is 0 Å². The third-order valence-electron chi connectivity index (χ3n) is 3.11. The molecule has 0 amide bonds. The summed E-state index contributed by atoms with van der Waals surface area (Å²) in [6.07, 6.45) is 14.1. The molecule has 2 atom stereocenters. The van der Waals surface area contributed by atoms with Gasteiger partial charge in [0.05, 0.1) is 0 Å². The van der Waals surface area contributed by atoms with Crippen molar-refractivity contribution in [3.05, 3.63) is 23.8 Å². The number of hydrogen-bond acceptors (Lipinski definition) is 0. The minimum absolute atomic E-state index is 0.840. The van der Waals surface area contributed by atoms with Gasteiger partial charge in [0.15, 0.2) is 0 Å². The van der Waals surface area contributed by atoms with Gasteiger partial charge in [0, 0.05) is 0 Å². The normalized spacial score (nSPS) is 35.2. The first-order valence-electron chi connectivity index (χ1n) is 5.27. The van der Waals surface area contributed by atoms with E-state index in [1.807, 2.05) is 0 Å². The monoisotopic (exact) mass is 162 g/mol. The lowest BCUT2D eigenvalue weighted by Gasteiger charge is -2.07. The molecule has 2 rings (SSSR count). The van der Waals surface area contributed by atoms with Crippen LogP contribution in [0.5, 0.6) is 0 Å². The summed E-state index contributed by atoms with van der Waals surface area (Å²) in [5.74, 6) is 1.75. The zero-order valence-corrected chi connectivity index (χ0v) is 7.92. The van der Waals surface area contributed by atoms with Gasteiger partial charge in [-0.3, -0.25) is 0 Å². The smallest absolute Gasteiger partial charge is 0.00173 e. The molecule has 0 radical (unpaired) electrons. The first kappa shape index (κ1) is 8.10. The second kappa shape index (κ2) is 3.47. The molecule has 0 aromatic heterocycles. The van der Waals surface area contributed by atoms with Crippen LogP contribution in [0.25, 0.3) is 0 Å². The average molecular weight is 162 g/mol. The minimum atomic E-state index is 0.840. The Kier molecular flexibility index (Phi) is 2.34. The molecule has 0 aromatic carbocycles. The molecule has 1 saturated carbocycles. The van der Waals surface area contributed by atoms with E-state index in [-0.39, 0.29) is 0 Å². The van der Waals surface area contributed by atoms with Crippen LogP contribution in [-0.2, 0) is 0 Å². The quantitative estimate of drug-likeness (QED) is 0.438. The van der Waals surface area contributed by atoms with Crippen LogP contribution in [-0.4, -0.2) is 0 Å². The van der Waals surface area contributed by atoms with Crippen molar-refractivity contribution in [2.45, 2.75) is 39.0 Å². The lowest BCUT2D eigenvalue weighted by atomic mass is 9.99.